The van der Waals surface area contributed by atoms with Crippen molar-refractivity contribution in [3.8, 4) is 0 Å². The summed E-state index contributed by atoms with van der Waals surface area (Å²) in [5.74, 6) is 3.03. The van der Waals surface area contributed by atoms with Crippen LogP contribution in [0, 0.1) is 0 Å². The monoisotopic (exact) mass is 795 g/mol. The first-order valence-corrected chi connectivity index (χ1v) is 18.5. The molecule has 0 amide bonds. The fraction of sp³-hybridized carbons (Fsp3) is 0.211. The van der Waals surface area contributed by atoms with Gasteiger partial charge in [0.2, 0.25) is 0 Å². The van der Waals surface area contributed by atoms with E-state index >= 15 is 0 Å². The van der Waals surface area contributed by atoms with Gasteiger partial charge in [-0.25, -0.2) is 59.8 Å². The molecule has 0 aliphatic heterocycles. The Morgan fingerprint density at radius 2 is 1.22 bits per heavy atom. The van der Waals surface area contributed by atoms with E-state index in [1.54, 1.807) is 37.8 Å². The van der Waals surface area contributed by atoms with Crippen LogP contribution in [-0.4, -0.2) is 86.3 Å². The molecule has 0 fully saturated rings. The van der Waals surface area contributed by atoms with Crippen molar-refractivity contribution in [2.24, 2.45) is 5.73 Å². The number of aromatic amines is 4. The largest absolute Gasteiger partial charge is 0.469 e. The average molecular weight is 796 g/mol. The van der Waals surface area contributed by atoms with E-state index in [0.717, 1.165) is 71.1 Å². The summed E-state index contributed by atoms with van der Waals surface area (Å²) in [4.78, 5) is 60.5. The fourth-order valence-corrected chi connectivity index (χ4v) is 5.66. The van der Waals surface area contributed by atoms with Crippen LogP contribution in [0.2, 0.25) is 0 Å². The van der Waals surface area contributed by atoms with E-state index in [0.29, 0.717) is 40.3 Å². The molecule has 21 nitrogen and oxygen atoms in total. The van der Waals surface area contributed by atoms with Crippen molar-refractivity contribution in [2.75, 3.05) is 17.6 Å². The normalized spacial score (nSPS) is 11.7. The number of nitrogens with one attached hydrogen (secondary N) is 5. The van der Waals surface area contributed by atoms with Crippen molar-refractivity contribution >= 4 is 56.3 Å². The van der Waals surface area contributed by atoms with Gasteiger partial charge in [-0.3, -0.25) is 0 Å². The Labute approximate surface area is 335 Å². The lowest BCUT2D eigenvalue weighted by Gasteiger charge is -2.09. The van der Waals surface area contributed by atoms with Crippen LogP contribution in [0.3, 0.4) is 0 Å². The van der Waals surface area contributed by atoms with Gasteiger partial charge in [-0.05, 0) is 44.0 Å². The van der Waals surface area contributed by atoms with Gasteiger partial charge in [0.15, 0.2) is 34.2 Å². The van der Waals surface area contributed by atoms with E-state index in [4.69, 9.17) is 20.3 Å². The molecule has 0 aliphatic carbocycles. The number of imidazole rings is 4. The summed E-state index contributed by atoms with van der Waals surface area (Å²) in [5, 5.41) is 3.24. The van der Waals surface area contributed by atoms with Gasteiger partial charge in [-0.15, -0.1) is 0 Å². The number of fused-ring (bicyclic) bond motifs is 4. The zero-order chi connectivity index (χ0) is 40.8. The maximum Gasteiger partial charge on any atom is 0.182 e. The Balaban J connectivity index is 0.000000121. The molecule has 10 rings (SSSR count). The first-order chi connectivity index (χ1) is 29.0. The lowest BCUT2D eigenvalue weighted by molar-refractivity contribution is 0.486. The molecular weight excluding hydrogens is 755 g/mol. The van der Waals surface area contributed by atoms with Crippen molar-refractivity contribution in [1.82, 2.24) is 79.7 Å². The summed E-state index contributed by atoms with van der Waals surface area (Å²) < 4.78 is 10.5. The SMILES string of the molecule is CC/C(C)=C/CNc1ncnc2nc[nH]c12.NC(Cc1ccco1)c1ncnc2nc[nH]c12.Nc1ncnc2nc[nH]c12.c1coc(CCc2ncnc3nc[nH]c23)c1. The number of nitrogens with zero attached hydrogens (tertiary/aromatic N) is 12. The highest BCUT2D eigenvalue weighted by molar-refractivity contribution is 5.82. The molecule has 9 N–H and O–H groups in total. The van der Waals surface area contributed by atoms with Crippen LogP contribution >= 0.6 is 0 Å². The molecule has 59 heavy (non-hydrogen) atoms. The molecule has 0 saturated carbocycles. The summed E-state index contributed by atoms with van der Waals surface area (Å²) in [6.07, 6.45) is 21.1. The molecule has 0 spiro atoms. The zero-order valence-electron chi connectivity index (χ0n) is 32.1. The van der Waals surface area contributed by atoms with Gasteiger partial charge < -0.3 is 45.6 Å². The minimum atomic E-state index is -0.243. The van der Waals surface area contributed by atoms with Gasteiger partial charge in [0.25, 0.3) is 0 Å². The summed E-state index contributed by atoms with van der Waals surface area (Å²) in [6.45, 7) is 5.03. The zero-order valence-corrected chi connectivity index (χ0v) is 32.1. The molecule has 0 aromatic carbocycles. The predicted molar refractivity (Wildman–Crippen MR) is 219 cm³/mol. The summed E-state index contributed by atoms with van der Waals surface area (Å²) in [6, 6.07) is 7.35. The molecule has 1 atom stereocenters. The number of aryl methyl sites for hydroxylation is 2. The number of hydrogen-bond acceptors (Lipinski definition) is 17. The number of H-pyrrole nitrogens is 4. The van der Waals surface area contributed by atoms with Crippen LogP contribution in [0.1, 0.15) is 49.2 Å². The van der Waals surface area contributed by atoms with E-state index in [2.05, 4.69) is 105 Å². The van der Waals surface area contributed by atoms with E-state index in [-0.39, 0.29) is 6.04 Å². The van der Waals surface area contributed by atoms with Crippen molar-refractivity contribution in [2.45, 2.75) is 45.6 Å². The maximum absolute atomic E-state index is 6.11. The van der Waals surface area contributed by atoms with E-state index in [1.165, 1.54) is 30.9 Å². The fourth-order valence-electron chi connectivity index (χ4n) is 5.66. The summed E-state index contributed by atoms with van der Waals surface area (Å²) in [5.41, 5.74) is 20.6. The number of nitrogen functional groups attached to an aromatic ring is 1. The third kappa shape index (κ3) is 10.1. The number of hydrogen-bond donors (Lipinski definition) is 7. The maximum atomic E-state index is 6.11. The minimum absolute atomic E-state index is 0.243. The van der Waals surface area contributed by atoms with Crippen molar-refractivity contribution in [3.63, 3.8) is 0 Å². The Morgan fingerprint density at radius 1 is 0.661 bits per heavy atom. The molecule has 0 saturated heterocycles. The molecule has 10 heterocycles. The number of aromatic nitrogens is 16. The Bertz CT molecular complexity index is 2820. The van der Waals surface area contributed by atoms with E-state index in [9.17, 15) is 0 Å². The molecule has 0 radical (unpaired) electrons. The topological polar surface area (TPSA) is 308 Å². The second kappa shape index (κ2) is 19.3. The molecule has 10 aromatic heterocycles. The highest BCUT2D eigenvalue weighted by atomic mass is 16.3. The highest BCUT2D eigenvalue weighted by Crippen LogP contribution is 2.20. The smallest absolute Gasteiger partial charge is 0.182 e. The molecule has 0 aliphatic rings. The van der Waals surface area contributed by atoms with Gasteiger partial charge in [0, 0.05) is 19.4 Å². The molecule has 0 bridgehead atoms. The van der Waals surface area contributed by atoms with Crippen LogP contribution in [0.15, 0.2) is 108 Å². The van der Waals surface area contributed by atoms with Gasteiger partial charge in [0.1, 0.15) is 58.9 Å². The number of anilines is 2. The minimum Gasteiger partial charge on any atom is -0.469 e. The van der Waals surface area contributed by atoms with Crippen LogP contribution in [-0.2, 0) is 19.3 Å². The number of nitrogens with two attached hydrogens (primary N) is 2. The van der Waals surface area contributed by atoms with Gasteiger partial charge >= 0.3 is 0 Å². The molecular formula is C38H41N19O2. The van der Waals surface area contributed by atoms with Gasteiger partial charge in [-0.2, -0.15) is 0 Å². The highest BCUT2D eigenvalue weighted by Gasteiger charge is 2.15. The Kier molecular flexibility index (Phi) is 12.8. The molecule has 21 heteroatoms. The standard InChI is InChI=1S/C11H11N5O.C11H15N5.C11H10N4O.C5H5N5/c12-8(4-7-2-1-3-17-7)9-10-11(15-5-13-9)16-6-14-10;1-3-8(2)4-5-12-10-9-11(14-6-13-9)16-7-15-10;1-2-8(16-5-1)3-4-9-10-11(14-6-12-9)15-7-13-10;6-4-3-5(9-1-7-3)10-2-8-4/h1-3,5-6,8H,4,12H2,(H,13,14,15,16);4,6-7H,3,5H2,1-2H3,(H2,12,13,14,15,16);1-2,5-7H,3-4H2,(H,12,13,14,15);1-2H,(H3,6,7,8,9,10)/b;8-4+;;. The summed E-state index contributed by atoms with van der Waals surface area (Å²) in [7, 11) is 0. The van der Waals surface area contributed by atoms with Crippen molar-refractivity contribution in [1.29, 1.82) is 0 Å². The lowest BCUT2D eigenvalue weighted by Crippen LogP contribution is -2.15. The van der Waals surface area contributed by atoms with E-state index in [1.807, 2.05) is 24.3 Å². The second-order valence-electron chi connectivity index (χ2n) is 12.7. The Morgan fingerprint density at radius 3 is 1.88 bits per heavy atom. The van der Waals surface area contributed by atoms with Crippen LogP contribution in [0.4, 0.5) is 11.6 Å². The van der Waals surface area contributed by atoms with Gasteiger partial charge in [0.05, 0.1) is 55.3 Å². The first-order valence-electron chi connectivity index (χ1n) is 18.5. The van der Waals surface area contributed by atoms with Crippen LogP contribution in [0.5, 0.6) is 0 Å². The first kappa shape index (κ1) is 39.3. The number of rotatable bonds is 10. The molecule has 1 unspecified atom stereocenters. The summed E-state index contributed by atoms with van der Waals surface area (Å²) >= 11 is 0. The average Bonchev–Trinajstić information content (AvgIpc) is 4.12. The third-order valence-corrected chi connectivity index (χ3v) is 8.85. The third-order valence-electron chi connectivity index (χ3n) is 8.85. The second-order valence-corrected chi connectivity index (χ2v) is 12.7. The van der Waals surface area contributed by atoms with Crippen LogP contribution in [0.25, 0.3) is 44.7 Å². The molecule has 10 aromatic rings. The van der Waals surface area contributed by atoms with Crippen molar-refractivity contribution < 1.29 is 8.83 Å². The van der Waals surface area contributed by atoms with Crippen LogP contribution < -0.4 is 16.8 Å². The van der Waals surface area contributed by atoms with Gasteiger partial charge in [-0.1, -0.05) is 18.6 Å². The Hall–Kier alpha value is -7.94. The van der Waals surface area contributed by atoms with E-state index < -0.39 is 0 Å². The lowest BCUT2D eigenvalue weighted by atomic mass is 10.1. The number of furan rings is 2. The number of allylic oxidation sites excluding steroid dienone is 1. The van der Waals surface area contributed by atoms with Crippen molar-refractivity contribution in [3.05, 3.63) is 122 Å². The quantitative estimate of drug-likeness (QED) is 0.0898. The molecule has 300 valence electrons. The predicted octanol–water partition coefficient (Wildman–Crippen LogP) is 4.98.